The molecule has 0 saturated carbocycles. The fraction of sp³-hybridized carbons (Fsp3) is 0.259. The fourth-order valence-corrected chi connectivity index (χ4v) is 3.60. The number of nitrogens with zero attached hydrogens (tertiary/aromatic N) is 2. The summed E-state index contributed by atoms with van der Waals surface area (Å²) in [6.45, 7) is 4.62. The molecule has 4 rings (SSSR count). The van der Waals surface area contributed by atoms with Gasteiger partial charge in [-0.15, -0.1) is 0 Å². The highest BCUT2D eigenvalue weighted by molar-refractivity contribution is 6.02. The van der Waals surface area contributed by atoms with Gasteiger partial charge in [-0.3, -0.25) is 9.48 Å². The van der Waals surface area contributed by atoms with E-state index in [2.05, 4.69) is 24.3 Å². The second kappa shape index (κ2) is 10.7. The third-order valence-corrected chi connectivity index (χ3v) is 5.82. The number of ether oxygens (including phenoxy) is 1. The zero-order valence-electron chi connectivity index (χ0n) is 19.9. The topological polar surface area (TPSA) is 69.3 Å². The molecule has 4 aromatic rings. The van der Waals surface area contributed by atoms with E-state index in [0.717, 1.165) is 18.6 Å². The van der Waals surface area contributed by atoms with Crippen molar-refractivity contribution in [2.24, 2.45) is 0 Å². The van der Waals surface area contributed by atoms with E-state index in [9.17, 15) is 18.0 Å². The van der Waals surface area contributed by atoms with Crippen molar-refractivity contribution in [3.8, 4) is 5.75 Å². The summed E-state index contributed by atoms with van der Waals surface area (Å²) in [4.78, 5) is 12.5. The number of furan rings is 1. The lowest BCUT2D eigenvalue weighted by Gasteiger charge is -2.10. The molecule has 1 unspecified atom stereocenters. The van der Waals surface area contributed by atoms with Gasteiger partial charge in [-0.05, 0) is 59.9 Å². The second-order valence-corrected chi connectivity index (χ2v) is 8.51. The number of halogens is 3. The maximum absolute atomic E-state index is 12.9. The summed E-state index contributed by atoms with van der Waals surface area (Å²) in [7, 11) is 0. The molecule has 36 heavy (non-hydrogen) atoms. The number of carbonyl (C=O) groups is 1. The zero-order chi connectivity index (χ0) is 25.7. The first-order valence-corrected chi connectivity index (χ1v) is 11.5. The predicted octanol–water partition coefficient (Wildman–Crippen LogP) is 6.89. The average molecular weight is 498 g/mol. The van der Waals surface area contributed by atoms with E-state index in [1.165, 1.54) is 28.7 Å². The van der Waals surface area contributed by atoms with Crippen LogP contribution in [0, 0.1) is 0 Å². The van der Waals surface area contributed by atoms with Gasteiger partial charge in [-0.1, -0.05) is 38.1 Å². The fourth-order valence-electron chi connectivity index (χ4n) is 3.60. The van der Waals surface area contributed by atoms with Crippen LogP contribution in [0.5, 0.6) is 5.75 Å². The predicted molar refractivity (Wildman–Crippen MR) is 129 cm³/mol. The van der Waals surface area contributed by atoms with Crippen LogP contribution >= 0.6 is 0 Å². The lowest BCUT2D eigenvalue weighted by Crippen LogP contribution is -2.10. The Morgan fingerprint density at radius 1 is 1.14 bits per heavy atom. The minimum Gasteiger partial charge on any atom is -0.486 e. The maximum atomic E-state index is 12.9. The molecule has 2 aromatic carbocycles. The summed E-state index contributed by atoms with van der Waals surface area (Å²) in [6.07, 6.45) is -0.395. The van der Waals surface area contributed by atoms with E-state index in [1.807, 2.05) is 24.3 Å². The van der Waals surface area contributed by atoms with Crippen molar-refractivity contribution in [3.05, 3.63) is 101 Å². The number of hydrogen-bond donors (Lipinski definition) is 1. The molecule has 0 aliphatic heterocycles. The average Bonchev–Trinajstić information content (AvgIpc) is 3.52. The quantitative estimate of drug-likeness (QED) is 0.273. The van der Waals surface area contributed by atoms with Crippen molar-refractivity contribution in [3.63, 3.8) is 0 Å². The summed E-state index contributed by atoms with van der Waals surface area (Å²) in [5, 5.41) is 6.78. The highest BCUT2D eigenvalue weighted by Gasteiger charge is 2.30. The first-order chi connectivity index (χ1) is 17.2. The molecule has 2 aromatic heterocycles. The second-order valence-electron chi connectivity index (χ2n) is 8.51. The zero-order valence-corrected chi connectivity index (χ0v) is 19.9. The van der Waals surface area contributed by atoms with Crippen LogP contribution in [0.2, 0.25) is 0 Å². The van der Waals surface area contributed by atoms with E-state index in [0.29, 0.717) is 28.7 Å². The van der Waals surface area contributed by atoms with E-state index < -0.39 is 17.6 Å². The van der Waals surface area contributed by atoms with Crippen molar-refractivity contribution in [1.29, 1.82) is 0 Å². The Morgan fingerprint density at radius 2 is 1.92 bits per heavy atom. The third-order valence-electron chi connectivity index (χ3n) is 5.82. The van der Waals surface area contributed by atoms with Crippen molar-refractivity contribution in [2.45, 2.75) is 45.5 Å². The highest BCUT2D eigenvalue weighted by Crippen LogP contribution is 2.29. The van der Waals surface area contributed by atoms with Crippen molar-refractivity contribution >= 4 is 11.6 Å². The molecule has 0 bridgehead atoms. The van der Waals surface area contributed by atoms with Crippen LogP contribution in [0.1, 0.15) is 59.2 Å². The minimum atomic E-state index is -4.41. The molecule has 0 radical (unpaired) electrons. The van der Waals surface area contributed by atoms with Crippen LogP contribution in [0.3, 0.4) is 0 Å². The Morgan fingerprint density at radius 3 is 2.64 bits per heavy atom. The van der Waals surface area contributed by atoms with Crippen molar-refractivity contribution in [1.82, 2.24) is 9.78 Å². The Balaban J connectivity index is 1.31. The maximum Gasteiger partial charge on any atom is 0.416 e. The normalized spacial score (nSPS) is 12.4. The summed E-state index contributed by atoms with van der Waals surface area (Å²) >= 11 is 0. The standard InChI is InChI=1S/C27H26F3N3O3/c1-3-18(2)20-7-9-23(10-8-20)35-17-24-11-12-25(36-24)26(34)32-22-14-31-33(16-22)15-19-5-4-6-21(13-19)27(28,29)30/h4-14,16,18H,3,15,17H2,1-2H3,(H,32,34). The monoisotopic (exact) mass is 497 g/mol. The largest absolute Gasteiger partial charge is 0.486 e. The molecular weight excluding hydrogens is 471 g/mol. The van der Waals surface area contributed by atoms with Crippen molar-refractivity contribution in [2.75, 3.05) is 5.32 Å². The number of aromatic nitrogens is 2. The van der Waals surface area contributed by atoms with Crippen LogP contribution in [-0.4, -0.2) is 15.7 Å². The molecule has 2 heterocycles. The number of rotatable bonds is 9. The third kappa shape index (κ3) is 6.35. The van der Waals surface area contributed by atoms with Gasteiger partial charge in [0.25, 0.3) is 5.91 Å². The number of benzene rings is 2. The number of nitrogens with one attached hydrogen (secondary N) is 1. The smallest absolute Gasteiger partial charge is 0.416 e. The first-order valence-electron chi connectivity index (χ1n) is 11.5. The van der Waals surface area contributed by atoms with Crippen LogP contribution in [0.4, 0.5) is 18.9 Å². The van der Waals surface area contributed by atoms with Crippen molar-refractivity contribution < 1.29 is 27.1 Å². The van der Waals surface area contributed by atoms with Crippen LogP contribution in [0.15, 0.2) is 77.5 Å². The molecule has 6 nitrogen and oxygen atoms in total. The number of alkyl halides is 3. The molecule has 0 spiro atoms. The molecule has 1 atom stereocenters. The molecule has 188 valence electrons. The number of anilines is 1. The number of carbonyl (C=O) groups excluding carboxylic acids is 1. The Labute approximate surface area is 206 Å². The van der Waals surface area contributed by atoms with Gasteiger partial charge in [-0.25, -0.2) is 0 Å². The highest BCUT2D eigenvalue weighted by atomic mass is 19.4. The van der Waals surface area contributed by atoms with Crippen LogP contribution in [0.25, 0.3) is 0 Å². The van der Waals surface area contributed by atoms with Gasteiger partial charge in [0.2, 0.25) is 0 Å². The molecule has 1 amide bonds. The van der Waals surface area contributed by atoms with E-state index in [4.69, 9.17) is 9.15 Å². The van der Waals surface area contributed by atoms with Gasteiger partial charge in [0.15, 0.2) is 5.76 Å². The Bertz CT molecular complexity index is 1310. The van der Waals surface area contributed by atoms with E-state index in [1.54, 1.807) is 18.2 Å². The lowest BCUT2D eigenvalue weighted by molar-refractivity contribution is -0.137. The Kier molecular flexibility index (Phi) is 7.47. The van der Waals surface area contributed by atoms with Gasteiger partial charge < -0.3 is 14.5 Å². The number of amides is 1. The Hall–Kier alpha value is -4.01. The van der Waals surface area contributed by atoms with Gasteiger partial charge in [-0.2, -0.15) is 18.3 Å². The first kappa shape index (κ1) is 25.1. The summed E-state index contributed by atoms with van der Waals surface area (Å²) in [5.74, 6) is 1.31. The summed E-state index contributed by atoms with van der Waals surface area (Å²) in [5.41, 5.74) is 1.36. The SMILES string of the molecule is CCC(C)c1ccc(OCc2ccc(C(=O)Nc3cnn(Cc4cccc(C(F)(F)F)c4)c3)o2)cc1. The molecule has 0 fully saturated rings. The van der Waals surface area contributed by atoms with Gasteiger partial charge in [0.05, 0.1) is 24.0 Å². The lowest BCUT2D eigenvalue weighted by atomic mass is 9.99. The molecule has 0 saturated heterocycles. The summed E-state index contributed by atoms with van der Waals surface area (Å²) in [6, 6.07) is 16.1. The minimum absolute atomic E-state index is 0.103. The van der Waals surface area contributed by atoms with Crippen LogP contribution < -0.4 is 10.1 Å². The molecule has 1 N–H and O–H groups in total. The van der Waals surface area contributed by atoms with E-state index in [-0.39, 0.29) is 18.9 Å². The molecular formula is C27H26F3N3O3. The summed E-state index contributed by atoms with van der Waals surface area (Å²) < 4.78 is 51.5. The number of hydrogen-bond acceptors (Lipinski definition) is 4. The van der Waals surface area contributed by atoms with Crippen LogP contribution in [-0.2, 0) is 19.3 Å². The molecule has 0 aliphatic carbocycles. The molecule has 9 heteroatoms. The van der Waals surface area contributed by atoms with Gasteiger partial charge in [0.1, 0.15) is 18.1 Å². The molecule has 0 aliphatic rings. The van der Waals surface area contributed by atoms with E-state index >= 15 is 0 Å². The van der Waals surface area contributed by atoms with Gasteiger partial charge in [0, 0.05) is 6.20 Å². The van der Waals surface area contributed by atoms with Gasteiger partial charge >= 0.3 is 6.18 Å².